The Balaban J connectivity index is 2.52. The largest absolute Gasteiger partial charge is 0.493 e. The van der Waals surface area contributed by atoms with Gasteiger partial charge in [-0.3, -0.25) is 0 Å². The molecule has 1 aliphatic rings. The van der Waals surface area contributed by atoms with Crippen LogP contribution in [0.5, 0.6) is 11.5 Å². The summed E-state index contributed by atoms with van der Waals surface area (Å²) < 4.78 is 48.5. The predicted molar refractivity (Wildman–Crippen MR) is 73.0 cm³/mol. The molecule has 0 saturated carbocycles. The monoisotopic (exact) mass is 302 g/mol. The van der Waals surface area contributed by atoms with Crippen molar-refractivity contribution in [1.82, 2.24) is 0 Å². The van der Waals surface area contributed by atoms with Crippen LogP contribution in [0.25, 0.3) is 0 Å². The molecule has 0 radical (unpaired) electrons. The average molecular weight is 302 g/mol. The van der Waals surface area contributed by atoms with E-state index in [1.807, 2.05) is 0 Å². The maximum absolute atomic E-state index is 13.3. The van der Waals surface area contributed by atoms with Crippen molar-refractivity contribution in [2.45, 2.75) is 33.0 Å². The SMILES string of the molecule is CCOc1cc(C2(C)OCCO2)cc(OCC)c1C(F)F. The Labute approximate surface area is 122 Å². The van der Waals surface area contributed by atoms with Crippen molar-refractivity contribution in [3.05, 3.63) is 23.3 Å². The van der Waals surface area contributed by atoms with E-state index in [2.05, 4.69) is 0 Å². The number of rotatable bonds is 6. The van der Waals surface area contributed by atoms with Crippen molar-refractivity contribution in [2.24, 2.45) is 0 Å². The van der Waals surface area contributed by atoms with Crippen LogP contribution in [0.3, 0.4) is 0 Å². The highest BCUT2D eigenvalue weighted by Gasteiger charge is 2.35. The molecule has 21 heavy (non-hydrogen) atoms. The third-order valence-electron chi connectivity index (χ3n) is 3.28. The zero-order chi connectivity index (χ0) is 15.5. The molecule has 118 valence electrons. The topological polar surface area (TPSA) is 36.9 Å². The lowest BCUT2D eigenvalue weighted by Gasteiger charge is -2.25. The maximum Gasteiger partial charge on any atom is 0.271 e. The summed E-state index contributed by atoms with van der Waals surface area (Å²) in [5, 5.41) is 0. The molecule has 0 unspecified atom stereocenters. The van der Waals surface area contributed by atoms with Crippen molar-refractivity contribution < 1.29 is 27.7 Å². The van der Waals surface area contributed by atoms with Gasteiger partial charge in [0.1, 0.15) is 17.1 Å². The maximum atomic E-state index is 13.3. The molecule has 0 N–H and O–H groups in total. The van der Waals surface area contributed by atoms with E-state index in [1.54, 1.807) is 32.9 Å². The van der Waals surface area contributed by atoms with Gasteiger partial charge in [-0.15, -0.1) is 0 Å². The Morgan fingerprint density at radius 1 is 1.10 bits per heavy atom. The predicted octanol–water partition coefficient (Wildman–Crippen LogP) is 3.64. The van der Waals surface area contributed by atoms with E-state index < -0.39 is 12.2 Å². The molecular formula is C15H20F2O4. The van der Waals surface area contributed by atoms with E-state index in [1.165, 1.54) is 0 Å². The standard InChI is InChI=1S/C15H20F2O4/c1-4-18-11-8-10(15(3)20-6-7-21-15)9-12(19-5-2)13(11)14(16)17/h8-9,14H,4-7H2,1-3H3. The molecule has 1 fully saturated rings. The molecule has 0 amide bonds. The van der Waals surface area contributed by atoms with Gasteiger partial charge in [-0.25, -0.2) is 8.78 Å². The summed E-state index contributed by atoms with van der Waals surface area (Å²) >= 11 is 0. The molecule has 4 nitrogen and oxygen atoms in total. The van der Waals surface area contributed by atoms with Crippen LogP contribution in [0.15, 0.2) is 12.1 Å². The van der Waals surface area contributed by atoms with E-state index >= 15 is 0 Å². The van der Waals surface area contributed by atoms with Gasteiger partial charge in [0, 0.05) is 5.56 Å². The molecule has 0 bridgehead atoms. The van der Waals surface area contributed by atoms with E-state index in [4.69, 9.17) is 18.9 Å². The van der Waals surface area contributed by atoms with Crippen LogP contribution in [-0.2, 0) is 15.3 Å². The van der Waals surface area contributed by atoms with Crippen molar-refractivity contribution in [3.8, 4) is 11.5 Å². The van der Waals surface area contributed by atoms with Gasteiger partial charge in [0.25, 0.3) is 6.43 Å². The van der Waals surface area contributed by atoms with Gasteiger partial charge in [0.05, 0.1) is 26.4 Å². The second-order valence-corrected chi connectivity index (χ2v) is 4.70. The minimum atomic E-state index is -2.68. The van der Waals surface area contributed by atoms with E-state index in [-0.39, 0.29) is 30.3 Å². The van der Waals surface area contributed by atoms with Crippen LogP contribution in [0.2, 0.25) is 0 Å². The molecule has 1 heterocycles. The summed E-state index contributed by atoms with van der Waals surface area (Å²) in [4.78, 5) is 0. The molecular weight excluding hydrogens is 282 g/mol. The molecule has 1 aromatic carbocycles. The van der Waals surface area contributed by atoms with Crippen LogP contribution in [0, 0.1) is 0 Å². The summed E-state index contributed by atoms with van der Waals surface area (Å²) in [7, 11) is 0. The Morgan fingerprint density at radius 3 is 1.95 bits per heavy atom. The first-order chi connectivity index (χ1) is 10.0. The van der Waals surface area contributed by atoms with Crippen molar-refractivity contribution >= 4 is 0 Å². The van der Waals surface area contributed by atoms with Gasteiger partial charge >= 0.3 is 0 Å². The Kier molecular flexibility index (Phi) is 5.00. The third-order valence-corrected chi connectivity index (χ3v) is 3.28. The first-order valence-electron chi connectivity index (χ1n) is 7.02. The molecule has 0 spiro atoms. The minimum absolute atomic E-state index is 0.105. The summed E-state index contributed by atoms with van der Waals surface area (Å²) in [5.41, 5.74) is 0.375. The molecule has 0 aliphatic carbocycles. The number of benzene rings is 1. The first-order valence-corrected chi connectivity index (χ1v) is 7.02. The lowest BCUT2D eigenvalue weighted by Crippen LogP contribution is -2.23. The van der Waals surface area contributed by atoms with Crippen LogP contribution in [0.4, 0.5) is 8.78 Å². The lowest BCUT2D eigenvalue weighted by atomic mass is 10.0. The van der Waals surface area contributed by atoms with Crippen LogP contribution >= 0.6 is 0 Å². The molecule has 1 aliphatic heterocycles. The van der Waals surface area contributed by atoms with Gasteiger partial charge in [0.15, 0.2) is 5.79 Å². The van der Waals surface area contributed by atoms with Gasteiger partial charge in [-0.1, -0.05) is 0 Å². The number of ether oxygens (including phenoxy) is 4. The minimum Gasteiger partial charge on any atom is -0.493 e. The van der Waals surface area contributed by atoms with Crippen LogP contribution in [-0.4, -0.2) is 26.4 Å². The number of halogens is 2. The van der Waals surface area contributed by atoms with Gasteiger partial charge < -0.3 is 18.9 Å². The number of hydrogen-bond donors (Lipinski definition) is 0. The number of alkyl halides is 2. The quantitative estimate of drug-likeness (QED) is 0.804. The zero-order valence-corrected chi connectivity index (χ0v) is 12.4. The van der Waals surface area contributed by atoms with E-state index in [0.29, 0.717) is 18.8 Å². The fourth-order valence-electron chi connectivity index (χ4n) is 2.31. The van der Waals surface area contributed by atoms with Gasteiger partial charge in [-0.2, -0.15) is 0 Å². The molecule has 2 rings (SSSR count). The van der Waals surface area contributed by atoms with Gasteiger partial charge in [0.2, 0.25) is 0 Å². The van der Waals surface area contributed by atoms with Crippen LogP contribution in [0.1, 0.15) is 38.3 Å². The van der Waals surface area contributed by atoms with Crippen molar-refractivity contribution in [3.63, 3.8) is 0 Å². The number of hydrogen-bond acceptors (Lipinski definition) is 4. The highest BCUT2D eigenvalue weighted by atomic mass is 19.3. The molecule has 1 saturated heterocycles. The van der Waals surface area contributed by atoms with Gasteiger partial charge in [-0.05, 0) is 32.9 Å². The summed E-state index contributed by atoms with van der Waals surface area (Å²) in [5.74, 6) is -0.749. The van der Waals surface area contributed by atoms with Crippen molar-refractivity contribution in [1.29, 1.82) is 0 Å². The highest BCUT2D eigenvalue weighted by molar-refractivity contribution is 5.50. The fraction of sp³-hybridized carbons (Fsp3) is 0.600. The highest BCUT2D eigenvalue weighted by Crippen LogP contribution is 2.42. The molecule has 1 aromatic rings. The zero-order valence-electron chi connectivity index (χ0n) is 12.4. The lowest BCUT2D eigenvalue weighted by molar-refractivity contribution is -0.149. The Bertz CT molecular complexity index is 458. The normalized spacial score (nSPS) is 17.2. The molecule has 6 heteroatoms. The summed E-state index contributed by atoms with van der Waals surface area (Å²) in [6, 6.07) is 3.08. The second kappa shape index (κ2) is 6.58. The van der Waals surface area contributed by atoms with Crippen LogP contribution < -0.4 is 9.47 Å². The second-order valence-electron chi connectivity index (χ2n) is 4.70. The Morgan fingerprint density at radius 2 is 1.57 bits per heavy atom. The summed E-state index contributed by atoms with van der Waals surface area (Å²) in [6.45, 7) is 6.73. The fourth-order valence-corrected chi connectivity index (χ4v) is 2.31. The molecule has 0 atom stereocenters. The average Bonchev–Trinajstić information content (AvgIpc) is 2.87. The van der Waals surface area contributed by atoms with E-state index in [9.17, 15) is 8.78 Å². The Hall–Kier alpha value is -1.40. The smallest absolute Gasteiger partial charge is 0.271 e. The van der Waals surface area contributed by atoms with E-state index in [0.717, 1.165) is 0 Å². The molecule has 0 aromatic heterocycles. The first kappa shape index (κ1) is 16.0. The third kappa shape index (κ3) is 3.27. The summed E-state index contributed by atoms with van der Waals surface area (Å²) in [6.07, 6.45) is -2.68. The van der Waals surface area contributed by atoms with Crippen molar-refractivity contribution in [2.75, 3.05) is 26.4 Å².